The van der Waals surface area contributed by atoms with E-state index >= 15 is 0 Å². The number of carboxylic acid groups (broad SMARTS) is 1. The number of rotatable bonds is 7. The summed E-state index contributed by atoms with van der Waals surface area (Å²) < 4.78 is 5.74. The van der Waals surface area contributed by atoms with Gasteiger partial charge in [-0.25, -0.2) is 0 Å². The van der Waals surface area contributed by atoms with E-state index in [0.717, 1.165) is 30.7 Å². The molecule has 0 aliphatic carbocycles. The highest BCUT2D eigenvalue weighted by molar-refractivity contribution is 6.30. The molecule has 0 radical (unpaired) electrons. The molecule has 7 heteroatoms. The molecule has 0 amide bonds. The van der Waals surface area contributed by atoms with Crippen molar-refractivity contribution in [2.24, 2.45) is 16.9 Å². The number of aliphatic carboxylic acids is 1. The molecule has 0 unspecified atom stereocenters. The first-order valence-corrected chi connectivity index (χ1v) is 9.05. The predicted molar refractivity (Wildman–Crippen MR) is 101 cm³/mol. The monoisotopic (exact) mass is 375 g/mol. The van der Waals surface area contributed by atoms with Crippen LogP contribution in [0.4, 0.5) is 0 Å². The highest BCUT2D eigenvalue weighted by Gasteiger charge is 2.26. The molecule has 1 aromatic carbocycles. The normalized spacial score (nSPS) is 20.3. The summed E-state index contributed by atoms with van der Waals surface area (Å²) >= 11 is 6.00. The van der Waals surface area contributed by atoms with Gasteiger partial charge >= 0.3 is 5.97 Å². The Hall–Kier alpha value is -2.31. The first kappa shape index (κ1) is 18.5. The van der Waals surface area contributed by atoms with Crippen molar-refractivity contribution in [3.63, 3.8) is 0 Å². The van der Waals surface area contributed by atoms with Gasteiger partial charge in [-0.05, 0) is 49.6 Å². The molecule has 3 N–H and O–H groups in total. The highest BCUT2D eigenvalue weighted by atomic mass is 35.5. The molecule has 0 spiro atoms. The fraction of sp³-hybridized carbons (Fsp3) is 0.368. The van der Waals surface area contributed by atoms with Gasteiger partial charge in [0.15, 0.2) is 0 Å². The molecule has 1 fully saturated rings. The van der Waals surface area contributed by atoms with Crippen molar-refractivity contribution in [2.45, 2.75) is 12.8 Å². The number of piperidine rings is 1. The van der Waals surface area contributed by atoms with Crippen LogP contribution in [0.5, 0.6) is 0 Å². The zero-order chi connectivity index (χ0) is 18.4. The number of nitrogens with zero attached hydrogens (tertiary/aromatic N) is 1. The number of hydrogen-bond donors (Lipinski definition) is 3. The minimum absolute atomic E-state index is 0.287. The summed E-state index contributed by atoms with van der Waals surface area (Å²) in [4.78, 5) is 11.1. The average Bonchev–Trinajstić information content (AvgIpc) is 3.11. The summed E-state index contributed by atoms with van der Waals surface area (Å²) in [7, 11) is 0. The van der Waals surface area contributed by atoms with E-state index in [0.29, 0.717) is 29.8 Å². The molecule has 26 heavy (non-hydrogen) atoms. The molecule has 2 atom stereocenters. The van der Waals surface area contributed by atoms with Crippen LogP contribution in [0.15, 0.2) is 45.9 Å². The third-order valence-corrected chi connectivity index (χ3v) is 4.71. The molecule has 2 aromatic rings. The van der Waals surface area contributed by atoms with Crippen LogP contribution in [0.25, 0.3) is 11.3 Å². The second kappa shape index (κ2) is 8.87. The molecule has 3 rings (SSSR count). The largest absolute Gasteiger partial charge is 0.481 e. The third-order valence-electron chi connectivity index (χ3n) is 4.47. The molecule has 0 bridgehead atoms. The van der Waals surface area contributed by atoms with Crippen LogP contribution < -0.4 is 10.7 Å². The van der Waals surface area contributed by atoms with Gasteiger partial charge in [-0.1, -0.05) is 23.7 Å². The van der Waals surface area contributed by atoms with E-state index < -0.39 is 5.97 Å². The average molecular weight is 376 g/mol. The van der Waals surface area contributed by atoms with E-state index in [1.807, 2.05) is 36.4 Å². The zero-order valence-electron chi connectivity index (χ0n) is 14.3. The van der Waals surface area contributed by atoms with Gasteiger partial charge in [-0.2, -0.15) is 5.10 Å². The Morgan fingerprint density at radius 3 is 3.08 bits per heavy atom. The van der Waals surface area contributed by atoms with Crippen LogP contribution in [0, 0.1) is 11.8 Å². The lowest BCUT2D eigenvalue weighted by Crippen LogP contribution is -2.40. The van der Waals surface area contributed by atoms with Crippen molar-refractivity contribution in [2.75, 3.05) is 19.6 Å². The van der Waals surface area contributed by atoms with E-state index in [2.05, 4.69) is 15.8 Å². The standard InChI is InChI=1S/C19H22ClN3O3/c20-16-3-1-2-14(9-16)18-5-4-17(26-18)12-23-22-7-6-13-8-15(19(24)25)11-21-10-13/h1-5,9,12-13,15,21-22H,6-8,10-11H2,(H,24,25)/b23-12+/t13-,15+/m0/s1. The fourth-order valence-electron chi connectivity index (χ4n) is 3.10. The quantitative estimate of drug-likeness (QED) is 0.393. The molecule has 1 saturated heterocycles. The Balaban J connectivity index is 1.44. The lowest BCUT2D eigenvalue weighted by atomic mass is 9.88. The van der Waals surface area contributed by atoms with E-state index in [-0.39, 0.29) is 5.92 Å². The topological polar surface area (TPSA) is 86.9 Å². The van der Waals surface area contributed by atoms with Crippen LogP contribution >= 0.6 is 11.6 Å². The van der Waals surface area contributed by atoms with Crippen molar-refractivity contribution in [1.82, 2.24) is 10.7 Å². The predicted octanol–water partition coefficient (Wildman–Crippen LogP) is 3.22. The fourth-order valence-corrected chi connectivity index (χ4v) is 3.29. The number of furan rings is 1. The van der Waals surface area contributed by atoms with E-state index in [1.54, 1.807) is 6.21 Å². The maximum absolute atomic E-state index is 11.1. The Bertz CT molecular complexity index is 775. The van der Waals surface area contributed by atoms with Crippen molar-refractivity contribution in [3.05, 3.63) is 47.2 Å². The molecular weight excluding hydrogens is 354 g/mol. The second-order valence-corrected chi connectivity index (χ2v) is 6.90. The van der Waals surface area contributed by atoms with Gasteiger partial charge in [0.05, 0.1) is 12.1 Å². The summed E-state index contributed by atoms with van der Waals surface area (Å²) in [6.07, 6.45) is 3.22. The first-order valence-electron chi connectivity index (χ1n) is 8.67. The molecule has 138 valence electrons. The lowest BCUT2D eigenvalue weighted by molar-refractivity contribution is -0.142. The van der Waals surface area contributed by atoms with Gasteiger partial charge in [0, 0.05) is 23.7 Å². The maximum atomic E-state index is 11.1. The number of halogens is 1. The Labute approximate surface area is 157 Å². The van der Waals surface area contributed by atoms with Crippen molar-refractivity contribution in [1.29, 1.82) is 0 Å². The maximum Gasteiger partial charge on any atom is 0.307 e. The summed E-state index contributed by atoms with van der Waals surface area (Å²) in [5.74, 6) is 0.733. The molecule has 1 aliphatic heterocycles. The Morgan fingerprint density at radius 2 is 2.27 bits per heavy atom. The summed E-state index contributed by atoms with van der Waals surface area (Å²) in [6.45, 7) is 2.11. The van der Waals surface area contributed by atoms with Crippen LogP contribution in [0.1, 0.15) is 18.6 Å². The third kappa shape index (κ3) is 5.09. The molecule has 6 nitrogen and oxygen atoms in total. The van der Waals surface area contributed by atoms with Crippen LogP contribution in [-0.2, 0) is 4.79 Å². The SMILES string of the molecule is O=C(O)[C@H]1CNC[C@@H](CCN/N=C/c2ccc(-c3cccc(Cl)c3)o2)C1. The number of carboxylic acids is 1. The zero-order valence-corrected chi connectivity index (χ0v) is 15.1. The van der Waals surface area contributed by atoms with Crippen molar-refractivity contribution in [3.8, 4) is 11.3 Å². The van der Waals surface area contributed by atoms with Crippen molar-refractivity contribution >= 4 is 23.8 Å². The number of hydrogen-bond acceptors (Lipinski definition) is 5. The summed E-state index contributed by atoms with van der Waals surface area (Å²) in [5.41, 5.74) is 3.92. The van der Waals surface area contributed by atoms with Crippen LogP contribution in [0.3, 0.4) is 0 Å². The Morgan fingerprint density at radius 1 is 1.38 bits per heavy atom. The molecule has 1 aliphatic rings. The molecule has 0 saturated carbocycles. The number of hydrazone groups is 1. The van der Waals surface area contributed by atoms with Crippen LogP contribution in [-0.4, -0.2) is 36.9 Å². The van der Waals surface area contributed by atoms with Gasteiger partial charge in [-0.3, -0.25) is 4.79 Å². The smallest absolute Gasteiger partial charge is 0.307 e. The number of benzene rings is 1. The van der Waals surface area contributed by atoms with Gasteiger partial charge in [-0.15, -0.1) is 0 Å². The van der Waals surface area contributed by atoms with Gasteiger partial charge in [0.1, 0.15) is 11.5 Å². The molecule has 1 aromatic heterocycles. The molecular formula is C19H22ClN3O3. The molecule has 2 heterocycles. The van der Waals surface area contributed by atoms with Gasteiger partial charge < -0.3 is 20.3 Å². The van der Waals surface area contributed by atoms with Gasteiger partial charge in [0.2, 0.25) is 0 Å². The first-order chi connectivity index (χ1) is 12.6. The van der Waals surface area contributed by atoms with Crippen molar-refractivity contribution < 1.29 is 14.3 Å². The summed E-state index contributed by atoms with van der Waals surface area (Å²) in [5, 5.41) is 17.1. The van der Waals surface area contributed by atoms with Gasteiger partial charge in [0.25, 0.3) is 0 Å². The minimum Gasteiger partial charge on any atom is -0.481 e. The van der Waals surface area contributed by atoms with E-state index in [1.165, 1.54) is 0 Å². The number of nitrogens with one attached hydrogen (secondary N) is 2. The minimum atomic E-state index is -0.721. The lowest BCUT2D eigenvalue weighted by Gasteiger charge is -2.27. The number of carbonyl (C=O) groups is 1. The highest BCUT2D eigenvalue weighted by Crippen LogP contribution is 2.24. The van der Waals surface area contributed by atoms with E-state index in [4.69, 9.17) is 21.1 Å². The Kier molecular flexibility index (Phi) is 6.30. The summed E-state index contributed by atoms with van der Waals surface area (Å²) in [6, 6.07) is 11.2. The van der Waals surface area contributed by atoms with E-state index in [9.17, 15) is 4.79 Å². The van der Waals surface area contributed by atoms with Crippen LogP contribution in [0.2, 0.25) is 5.02 Å². The second-order valence-electron chi connectivity index (χ2n) is 6.46.